The molecule has 27 heavy (non-hydrogen) atoms. The van der Waals surface area contributed by atoms with Gasteiger partial charge in [0.15, 0.2) is 5.96 Å². The van der Waals surface area contributed by atoms with Crippen LogP contribution in [0.4, 0.5) is 0 Å². The van der Waals surface area contributed by atoms with Crippen molar-refractivity contribution >= 4 is 40.7 Å². The summed E-state index contributed by atoms with van der Waals surface area (Å²) in [5, 5.41) is 6.43. The normalized spacial score (nSPS) is 29.0. The van der Waals surface area contributed by atoms with Gasteiger partial charge in [-0.05, 0) is 36.8 Å². The molecule has 2 amide bonds. The highest BCUT2D eigenvalue weighted by Gasteiger charge is 2.58. The first-order valence-electron chi connectivity index (χ1n) is 9.30. The van der Waals surface area contributed by atoms with Gasteiger partial charge in [-0.3, -0.25) is 19.5 Å². The van der Waals surface area contributed by atoms with Crippen molar-refractivity contribution in [3.8, 4) is 0 Å². The van der Waals surface area contributed by atoms with Gasteiger partial charge in [0.1, 0.15) is 0 Å². The highest BCUT2D eigenvalue weighted by atomic mass is 35.5. The molecule has 1 saturated heterocycles. The van der Waals surface area contributed by atoms with Gasteiger partial charge in [-0.1, -0.05) is 23.8 Å². The van der Waals surface area contributed by atoms with Crippen LogP contribution in [0.2, 0.25) is 4.34 Å². The van der Waals surface area contributed by atoms with Crippen LogP contribution in [0.15, 0.2) is 29.3 Å². The van der Waals surface area contributed by atoms with E-state index in [0.717, 1.165) is 23.7 Å². The number of carbonyl (C=O) groups is 2. The number of halogens is 1. The summed E-state index contributed by atoms with van der Waals surface area (Å²) < 4.78 is 0.792. The van der Waals surface area contributed by atoms with Gasteiger partial charge in [0.2, 0.25) is 11.8 Å². The van der Waals surface area contributed by atoms with Crippen LogP contribution in [-0.4, -0.2) is 49.4 Å². The van der Waals surface area contributed by atoms with Gasteiger partial charge in [0, 0.05) is 31.6 Å². The molecule has 2 bridgehead atoms. The fourth-order valence-corrected chi connectivity index (χ4v) is 5.57. The molecule has 1 aromatic heterocycles. The lowest BCUT2D eigenvalue weighted by atomic mass is 9.85. The molecular weight excluding hydrogens is 384 g/mol. The average Bonchev–Trinajstić information content (AvgIpc) is 3.41. The van der Waals surface area contributed by atoms with Gasteiger partial charge in [0.25, 0.3) is 0 Å². The van der Waals surface area contributed by atoms with Crippen LogP contribution in [0, 0.1) is 23.7 Å². The third-order valence-corrected chi connectivity index (χ3v) is 7.00. The number of hydrogen-bond donors (Lipinski definition) is 2. The topological polar surface area (TPSA) is 73.8 Å². The van der Waals surface area contributed by atoms with Gasteiger partial charge in [0.05, 0.1) is 16.2 Å². The molecule has 3 aliphatic rings. The van der Waals surface area contributed by atoms with Crippen molar-refractivity contribution in [2.75, 3.05) is 26.7 Å². The average molecular weight is 407 g/mol. The summed E-state index contributed by atoms with van der Waals surface area (Å²) in [6.07, 6.45) is 6.06. The molecule has 1 aliphatic heterocycles. The fourth-order valence-electron chi connectivity index (χ4n) is 4.48. The van der Waals surface area contributed by atoms with Gasteiger partial charge < -0.3 is 10.6 Å². The summed E-state index contributed by atoms with van der Waals surface area (Å²) >= 11 is 7.51. The monoisotopic (exact) mass is 406 g/mol. The number of nitrogens with one attached hydrogen (secondary N) is 2. The standard InChI is InChI=1S/C19H23ClN4O2S/c1-21-19(22-7-6-13-4-5-14(20)27-13)23-8-9-24-17(25)15-11-2-3-12(10-11)16(15)18(24)26/h2-5,11-12,15-16H,6-10H2,1H3,(H2,21,22,23). The Hall–Kier alpha value is -1.86. The molecule has 2 N–H and O–H groups in total. The molecule has 4 unspecified atom stereocenters. The highest BCUT2D eigenvalue weighted by molar-refractivity contribution is 7.16. The van der Waals surface area contributed by atoms with E-state index < -0.39 is 0 Å². The molecular formula is C19H23ClN4O2S. The lowest BCUT2D eigenvalue weighted by Gasteiger charge is -2.18. The fraction of sp³-hybridized carbons (Fsp3) is 0.526. The Labute approximate surface area is 167 Å². The van der Waals surface area contributed by atoms with Gasteiger partial charge in [-0.15, -0.1) is 11.3 Å². The zero-order chi connectivity index (χ0) is 19.0. The zero-order valence-electron chi connectivity index (χ0n) is 15.2. The number of fused-ring (bicyclic) bond motifs is 5. The van der Waals surface area contributed by atoms with Crippen molar-refractivity contribution in [1.29, 1.82) is 0 Å². The minimum Gasteiger partial charge on any atom is -0.356 e. The van der Waals surface area contributed by atoms with E-state index in [1.807, 2.05) is 12.1 Å². The van der Waals surface area contributed by atoms with Crippen LogP contribution in [0.25, 0.3) is 0 Å². The molecule has 4 atom stereocenters. The second-order valence-corrected chi connectivity index (χ2v) is 9.01. The van der Waals surface area contributed by atoms with Crippen LogP contribution in [0.3, 0.4) is 0 Å². The number of nitrogens with zero attached hydrogens (tertiary/aromatic N) is 2. The molecule has 0 radical (unpaired) electrons. The molecule has 0 aromatic carbocycles. The second-order valence-electron chi connectivity index (χ2n) is 7.21. The van der Waals surface area contributed by atoms with Crippen molar-refractivity contribution in [3.05, 3.63) is 33.5 Å². The van der Waals surface area contributed by atoms with Gasteiger partial charge >= 0.3 is 0 Å². The second kappa shape index (κ2) is 7.64. The predicted octanol–water partition coefficient (Wildman–Crippen LogP) is 1.92. The first kappa shape index (κ1) is 18.5. The number of carbonyl (C=O) groups excluding carboxylic acids is 2. The third-order valence-electron chi connectivity index (χ3n) is 5.71. The molecule has 1 aromatic rings. The van der Waals surface area contributed by atoms with E-state index in [1.165, 1.54) is 9.78 Å². The van der Waals surface area contributed by atoms with Crippen molar-refractivity contribution in [2.24, 2.45) is 28.7 Å². The number of amides is 2. The first-order valence-corrected chi connectivity index (χ1v) is 10.5. The summed E-state index contributed by atoms with van der Waals surface area (Å²) in [6, 6.07) is 3.92. The summed E-state index contributed by atoms with van der Waals surface area (Å²) in [4.78, 5) is 32.1. The Morgan fingerprint density at radius 3 is 2.44 bits per heavy atom. The molecule has 6 nitrogen and oxygen atoms in total. The van der Waals surface area contributed by atoms with Crippen molar-refractivity contribution in [3.63, 3.8) is 0 Å². The smallest absolute Gasteiger partial charge is 0.233 e. The molecule has 2 heterocycles. The molecule has 4 rings (SSSR count). The van der Waals surface area contributed by atoms with Crippen LogP contribution in [0.5, 0.6) is 0 Å². The molecule has 2 aliphatic carbocycles. The Bertz CT molecular complexity index is 775. The van der Waals surface area contributed by atoms with Crippen LogP contribution in [0.1, 0.15) is 11.3 Å². The largest absolute Gasteiger partial charge is 0.356 e. The Morgan fingerprint density at radius 2 is 1.85 bits per heavy atom. The van der Waals surface area contributed by atoms with Crippen molar-refractivity contribution in [1.82, 2.24) is 15.5 Å². The Morgan fingerprint density at radius 1 is 1.19 bits per heavy atom. The highest BCUT2D eigenvalue weighted by Crippen LogP contribution is 2.52. The first-order chi connectivity index (χ1) is 13.1. The molecule has 8 heteroatoms. The summed E-state index contributed by atoms with van der Waals surface area (Å²) in [6.45, 7) is 1.60. The number of allylic oxidation sites excluding steroid dienone is 2. The molecule has 0 spiro atoms. The van der Waals surface area contributed by atoms with E-state index in [2.05, 4.69) is 27.8 Å². The van der Waals surface area contributed by atoms with E-state index in [0.29, 0.717) is 19.0 Å². The van der Waals surface area contributed by atoms with Gasteiger partial charge in [-0.25, -0.2) is 0 Å². The third kappa shape index (κ3) is 3.50. The zero-order valence-corrected chi connectivity index (χ0v) is 16.7. The summed E-state index contributed by atoms with van der Waals surface area (Å²) in [7, 11) is 1.71. The number of likely N-dealkylation sites (tertiary alicyclic amines) is 1. The summed E-state index contributed by atoms with van der Waals surface area (Å²) in [5.74, 6) is 0.940. The minimum atomic E-state index is -0.123. The Kier molecular flexibility index (Phi) is 5.23. The number of rotatable bonds is 6. The number of aliphatic imine (C=N–C) groups is 1. The number of hydrogen-bond acceptors (Lipinski definition) is 4. The maximum atomic E-state index is 12.7. The predicted molar refractivity (Wildman–Crippen MR) is 107 cm³/mol. The lowest BCUT2D eigenvalue weighted by Crippen LogP contribution is -2.44. The van der Waals surface area contributed by atoms with Gasteiger partial charge in [-0.2, -0.15) is 0 Å². The number of imide groups is 1. The van der Waals surface area contributed by atoms with E-state index in [4.69, 9.17) is 11.6 Å². The lowest BCUT2D eigenvalue weighted by molar-refractivity contribution is -0.140. The van der Waals surface area contributed by atoms with Crippen molar-refractivity contribution in [2.45, 2.75) is 12.8 Å². The minimum absolute atomic E-state index is 0.00108. The molecule has 2 fully saturated rings. The van der Waals surface area contributed by atoms with Crippen molar-refractivity contribution < 1.29 is 9.59 Å². The maximum Gasteiger partial charge on any atom is 0.233 e. The van der Waals surface area contributed by atoms with Crippen LogP contribution >= 0.6 is 22.9 Å². The quantitative estimate of drug-likeness (QED) is 0.327. The summed E-state index contributed by atoms with van der Waals surface area (Å²) in [5.41, 5.74) is 0. The maximum absolute atomic E-state index is 12.7. The number of guanidine groups is 1. The van der Waals surface area contributed by atoms with E-state index in [1.54, 1.807) is 18.4 Å². The van der Waals surface area contributed by atoms with Crippen LogP contribution in [-0.2, 0) is 16.0 Å². The Balaban J connectivity index is 1.23. The van der Waals surface area contributed by atoms with E-state index in [9.17, 15) is 9.59 Å². The van der Waals surface area contributed by atoms with E-state index >= 15 is 0 Å². The van der Waals surface area contributed by atoms with E-state index in [-0.39, 0.29) is 35.5 Å². The SMILES string of the molecule is CN=C(NCCc1ccc(Cl)s1)NCCN1C(=O)C2C3C=CC(C3)C2C1=O. The molecule has 144 valence electrons. The van der Waals surface area contributed by atoms with Crippen LogP contribution < -0.4 is 10.6 Å². The molecule has 1 saturated carbocycles. The number of thiophene rings is 1.